The summed E-state index contributed by atoms with van der Waals surface area (Å²) < 4.78 is 10.9. The lowest BCUT2D eigenvalue weighted by Crippen LogP contribution is -2.24. The van der Waals surface area contributed by atoms with Gasteiger partial charge in [0.05, 0.1) is 11.6 Å². The van der Waals surface area contributed by atoms with E-state index in [0.29, 0.717) is 27.6 Å². The molecule has 0 fully saturated rings. The number of carbonyl (C=O) groups is 1. The lowest BCUT2D eigenvalue weighted by Gasteiger charge is -2.22. The molecule has 156 valence electrons. The van der Waals surface area contributed by atoms with Gasteiger partial charge in [-0.25, -0.2) is 4.79 Å². The molecule has 9 heteroatoms. The monoisotopic (exact) mass is 457 g/mol. The third kappa shape index (κ3) is 6.56. The number of benzene rings is 2. The van der Waals surface area contributed by atoms with Crippen LogP contribution in [0.3, 0.4) is 0 Å². The molecule has 0 amide bonds. The third-order valence-electron chi connectivity index (χ3n) is 3.72. The number of nitrogens with two attached hydrogens (primary N) is 1. The van der Waals surface area contributed by atoms with Gasteiger partial charge in [-0.1, -0.05) is 35.9 Å². The fourth-order valence-corrected chi connectivity index (χ4v) is 3.05. The molecule has 0 aliphatic carbocycles. The molecule has 1 unspecified atom stereocenters. The van der Waals surface area contributed by atoms with Gasteiger partial charge in [0.15, 0.2) is 6.04 Å². The van der Waals surface area contributed by atoms with Crippen molar-refractivity contribution in [3.8, 4) is 5.75 Å². The van der Waals surface area contributed by atoms with Crippen LogP contribution in [0.4, 0.5) is 5.69 Å². The highest BCUT2D eigenvalue weighted by atomic mass is 35.5. The van der Waals surface area contributed by atoms with Crippen molar-refractivity contribution >= 4 is 53.1 Å². The van der Waals surface area contributed by atoms with Crippen molar-refractivity contribution in [2.45, 2.75) is 13.0 Å². The summed E-state index contributed by atoms with van der Waals surface area (Å²) in [7, 11) is 0. The second kappa shape index (κ2) is 11.6. The predicted molar refractivity (Wildman–Crippen MR) is 120 cm³/mol. The number of halogens is 3. The van der Waals surface area contributed by atoms with Crippen LogP contribution in [0.1, 0.15) is 24.1 Å². The molecule has 0 saturated heterocycles. The Morgan fingerprint density at radius 1 is 1.31 bits per heavy atom. The van der Waals surface area contributed by atoms with Crippen molar-refractivity contribution in [2.75, 3.05) is 18.5 Å². The van der Waals surface area contributed by atoms with E-state index in [1.54, 1.807) is 43.3 Å². The molecule has 0 spiro atoms. The summed E-state index contributed by atoms with van der Waals surface area (Å²) in [5.41, 5.74) is 7.10. The number of hydrogen-bond acceptors (Lipinski definition) is 5. The first kappa shape index (κ1) is 24.6. The summed E-state index contributed by atoms with van der Waals surface area (Å²) >= 11 is 12.5. The molecule has 0 aromatic heterocycles. The van der Waals surface area contributed by atoms with Gasteiger partial charge in [-0.3, -0.25) is 5.41 Å². The summed E-state index contributed by atoms with van der Waals surface area (Å²) in [6.45, 7) is 5.75. The second-order valence-electron chi connectivity index (χ2n) is 5.73. The van der Waals surface area contributed by atoms with Crippen LogP contribution in [-0.4, -0.2) is 25.0 Å². The quantitative estimate of drug-likeness (QED) is 0.213. The maximum atomic E-state index is 12.7. The smallest absolute Gasteiger partial charge is 0.333 e. The van der Waals surface area contributed by atoms with E-state index in [2.05, 4.69) is 11.9 Å². The summed E-state index contributed by atoms with van der Waals surface area (Å²) in [4.78, 5) is 12.7. The van der Waals surface area contributed by atoms with Crippen LogP contribution < -0.4 is 15.8 Å². The molecular weight excluding hydrogens is 437 g/mol. The number of amidine groups is 1. The first-order valence-electron chi connectivity index (χ1n) is 8.47. The largest absolute Gasteiger partial charge is 0.488 e. The maximum Gasteiger partial charge on any atom is 0.333 e. The minimum absolute atomic E-state index is 0. The van der Waals surface area contributed by atoms with Crippen molar-refractivity contribution in [3.63, 3.8) is 0 Å². The van der Waals surface area contributed by atoms with Gasteiger partial charge in [0.1, 0.15) is 18.2 Å². The molecule has 0 aliphatic rings. The maximum absolute atomic E-state index is 12.7. The molecule has 0 heterocycles. The number of esters is 1. The minimum Gasteiger partial charge on any atom is -0.488 e. The Morgan fingerprint density at radius 3 is 2.52 bits per heavy atom. The highest BCUT2D eigenvalue weighted by Gasteiger charge is 2.27. The van der Waals surface area contributed by atoms with Crippen molar-refractivity contribution in [1.82, 2.24) is 0 Å². The first-order chi connectivity index (χ1) is 13.4. The molecule has 2 rings (SSSR count). The summed E-state index contributed by atoms with van der Waals surface area (Å²) in [5.74, 6) is -0.243. The molecule has 29 heavy (non-hydrogen) atoms. The lowest BCUT2D eigenvalue weighted by atomic mass is 10.0. The fraction of sp³-hybridized carbons (Fsp3) is 0.200. The number of nitrogens with one attached hydrogen (secondary N) is 2. The molecule has 0 bridgehead atoms. The zero-order valence-electron chi connectivity index (χ0n) is 15.7. The van der Waals surface area contributed by atoms with Gasteiger partial charge in [-0.05, 0) is 43.3 Å². The Kier molecular flexibility index (Phi) is 9.81. The molecular formula is C20H22Cl3N3O3. The van der Waals surface area contributed by atoms with E-state index in [0.717, 1.165) is 0 Å². The zero-order valence-corrected chi connectivity index (χ0v) is 18.0. The highest BCUT2D eigenvalue weighted by molar-refractivity contribution is 6.35. The van der Waals surface area contributed by atoms with Crippen molar-refractivity contribution in [1.29, 1.82) is 5.41 Å². The molecule has 0 saturated carbocycles. The SMILES string of the molecule is C=CCOc1c(Cl)cc(Cl)cc1C(Nc1ccc(C(=N)N)cc1)C(=O)OCC.Cl. The molecule has 4 N–H and O–H groups in total. The van der Waals surface area contributed by atoms with Gasteiger partial charge in [0.2, 0.25) is 0 Å². The second-order valence-corrected chi connectivity index (χ2v) is 6.57. The van der Waals surface area contributed by atoms with Crippen LogP contribution in [0, 0.1) is 5.41 Å². The number of anilines is 1. The number of rotatable bonds is 9. The molecule has 6 nitrogen and oxygen atoms in total. The number of nitrogen functional groups attached to an aromatic ring is 1. The number of carbonyl (C=O) groups excluding carboxylic acids is 1. The van der Waals surface area contributed by atoms with Gasteiger partial charge in [-0.2, -0.15) is 0 Å². The predicted octanol–water partition coefficient (Wildman–Crippen LogP) is 4.98. The Bertz CT molecular complexity index is 873. The van der Waals surface area contributed by atoms with E-state index in [1.807, 2.05) is 0 Å². The van der Waals surface area contributed by atoms with Crippen LogP contribution >= 0.6 is 35.6 Å². The van der Waals surface area contributed by atoms with Crippen LogP contribution in [0.2, 0.25) is 10.0 Å². The van der Waals surface area contributed by atoms with Crippen LogP contribution in [-0.2, 0) is 9.53 Å². The van der Waals surface area contributed by atoms with E-state index in [-0.39, 0.29) is 36.5 Å². The summed E-state index contributed by atoms with van der Waals surface area (Å²) in [6, 6.07) is 8.98. The van der Waals surface area contributed by atoms with E-state index in [1.165, 1.54) is 6.07 Å². The van der Waals surface area contributed by atoms with E-state index in [9.17, 15) is 4.79 Å². The van der Waals surface area contributed by atoms with Crippen molar-refractivity contribution in [2.24, 2.45) is 5.73 Å². The van der Waals surface area contributed by atoms with Crippen LogP contribution in [0.15, 0.2) is 49.1 Å². The van der Waals surface area contributed by atoms with E-state index >= 15 is 0 Å². The Labute approximate surface area is 185 Å². The Morgan fingerprint density at radius 2 is 1.97 bits per heavy atom. The van der Waals surface area contributed by atoms with Crippen LogP contribution in [0.25, 0.3) is 0 Å². The Balaban J connectivity index is 0.00000420. The molecule has 2 aromatic rings. The topological polar surface area (TPSA) is 97.4 Å². The number of hydrogen-bond donors (Lipinski definition) is 3. The fourth-order valence-electron chi connectivity index (χ4n) is 2.49. The third-order valence-corrected chi connectivity index (χ3v) is 4.22. The summed E-state index contributed by atoms with van der Waals surface area (Å²) in [6.07, 6.45) is 1.57. The normalized spacial score (nSPS) is 11.0. The van der Waals surface area contributed by atoms with E-state index < -0.39 is 12.0 Å². The molecule has 0 radical (unpaired) electrons. The van der Waals surface area contributed by atoms with Gasteiger partial charge in [0, 0.05) is 21.8 Å². The average Bonchev–Trinajstić information content (AvgIpc) is 2.65. The van der Waals surface area contributed by atoms with Gasteiger partial charge < -0.3 is 20.5 Å². The number of ether oxygens (including phenoxy) is 2. The van der Waals surface area contributed by atoms with Gasteiger partial charge in [-0.15, -0.1) is 12.4 Å². The lowest BCUT2D eigenvalue weighted by molar-refractivity contribution is -0.144. The average molecular weight is 459 g/mol. The van der Waals surface area contributed by atoms with Crippen LogP contribution in [0.5, 0.6) is 5.75 Å². The molecule has 0 aliphatic heterocycles. The Hall–Kier alpha value is -2.41. The molecule has 2 aromatic carbocycles. The first-order valence-corrected chi connectivity index (χ1v) is 9.23. The standard InChI is InChI=1S/C20H21Cl2N3O3.ClH/c1-3-9-28-18-15(10-13(21)11-16(18)22)17(20(26)27-4-2)25-14-7-5-12(6-8-14)19(23)24;/h3,5-8,10-11,17,25H,1,4,9H2,2H3,(H3,23,24);1H. The van der Waals surface area contributed by atoms with Crippen molar-refractivity contribution in [3.05, 3.63) is 70.2 Å². The van der Waals surface area contributed by atoms with Gasteiger partial charge >= 0.3 is 5.97 Å². The zero-order chi connectivity index (χ0) is 20.7. The highest BCUT2D eigenvalue weighted by Crippen LogP contribution is 2.38. The summed E-state index contributed by atoms with van der Waals surface area (Å²) in [5, 5.41) is 11.2. The molecule has 1 atom stereocenters. The van der Waals surface area contributed by atoms with Gasteiger partial charge in [0.25, 0.3) is 0 Å². The van der Waals surface area contributed by atoms with E-state index in [4.69, 9.17) is 43.8 Å². The minimum atomic E-state index is -0.917. The van der Waals surface area contributed by atoms with Crippen molar-refractivity contribution < 1.29 is 14.3 Å².